The first-order valence-corrected chi connectivity index (χ1v) is 10.2. The molecule has 1 amide bonds. The molecule has 170 valence electrons. The standard InChI is InChI=1S/C20H37NO8/c1-8-11-12(22)15(16(25-7)17(27-11)20(3,4)5)28-18-13(23)14(10(2)9-26-18)29-19(24)21-6/h10-18,22-23H,8-9H2,1-7H3,(H,21,24). The first-order chi connectivity index (χ1) is 13.5. The topological polar surface area (TPSA) is 116 Å². The van der Waals surface area contributed by atoms with Crippen molar-refractivity contribution in [3.05, 3.63) is 0 Å². The van der Waals surface area contributed by atoms with Crippen molar-refractivity contribution >= 4 is 6.09 Å². The van der Waals surface area contributed by atoms with Crippen LogP contribution in [-0.4, -0.2) is 86.1 Å². The van der Waals surface area contributed by atoms with E-state index in [1.165, 1.54) is 7.05 Å². The van der Waals surface area contributed by atoms with Gasteiger partial charge in [-0.15, -0.1) is 0 Å². The van der Waals surface area contributed by atoms with E-state index in [2.05, 4.69) is 5.32 Å². The van der Waals surface area contributed by atoms with Crippen LogP contribution in [-0.2, 0) is 23.7 Å². The first kappa shape index (κ1) is 24.3. The molecular formula is C20H37NO8. The van der Waals surface area contributed by atoms with Gasteiger partial charge < -0.3 is 39.2 Å². The second kappa shape index (κ2) is 9.89. The van der Waals surface area contributed by atoms with Crippen LogP contribution in [0.25, 0.3) is 0 Å². The minimum atomic E-state index is -1.21. The van der Waals surface area contributed by atoms with Crippen LogP contribution >= 0.6 is 0 Å². The summed E-state index contributed by atoms with van der Waals surface area (Å²) in [6.07, 6.45) is -6.21. The number of carbonyl (C=O) groups excluding carboxylic acids is 1. The molecule has 9 unspecified atom stereocenters. The smallest absolute Gasteiger partial charge is 0.407 e. The number of carbonyl (C=O) groups is 1. The Labute approximate surface area is 173 Å². The van der Waals surface area contributed by atoms with Gasteiger partial charge in [-0.1, -0.05) is 34.6 Å². The third-order valence-electron chi connectivity index (χ3n) is 5.63. The molecule has 2 aliphatic rings. The average molecular weight is 420 g/mol. The maximum atomic E-state index is 11.7. The number of aliphatic hydroxyl groups excluding tert-OH is 2. The number of methoxy groups -OCH3 is 1. The number of aliphatic hydroxyl groups is 2. The Morgan fingerprint density at radius 1 is 1.17 bits per heavy atom. The normalized spacial score (nSPS) is 41.1. The summed E-state index contributed by atoms with van der Waals surface area (Å²) in [5.74, 6) is -0.217. The van der Waals surface area contributed by atoms with Gasteiger partial charge in [0, 0.05) is 20.1 Å². The van der Waals surface area contributed by atoms with Crippen LogP contribution in [0.3, 0.4) is 0 Å². The van der Waals surface area contributed by atoms with Gasteiger partial charge in [-0.2, -0.15) is 0 Å². The van der Waals surface area contributed by atoms with E-state index in [9.17, 15) is 15.0 Å². The molecule has 0 bridgehead atoms. The highest BCUT2D eigenvalue weighted by Gasteiger charge is 2.52. The van der Waals surface area contributed by atoms with Crippen LogP contribution in [0.4, 0.5) is 4.79 Å². The fourth-order valence-corrected chi connectivity index (χ4v) is 3.95. The zero-order valence-electron chi connectivity index (χ0n) is 18.5. The minimum Gasteiger partial charge on any atom is -0.443 e. The Morgan fingerprint density at radius 2 is 1.83 bits per heavy atom. The summed E-state index contributed by atoms with van der Waals surface area (Å²) in [6, 6.07) is 0. The first-order valence-electron chi connectivity index (χ1n) is 10.2. The van der Waals surface area contributed by atoms with Gasteiger partial charge >= 0.3 is 6.09 Å². The second-order valence-electron chi connectivity index (χ2n) is 8.95. The Bertz CT molecular complexity index is 539. The quantitative estimate of drug-likeness (QED) is 0.606. The molecule has 2 saturated heterocycles. The Hall–Kier alpha value is -0.970. The number of amides is 1. The lowest BCUT2D eigenvalue weighted by Gasteiger charge is -2.50. The molecule has 2 heterocycles. The molecule has 0 aliphatic carbocycles. The van der Waals surface area contributed by atoms with Gasteiger partial charge in [-0.3, -0.25) is 0 Å². The summed E-state index contributed by atoms with van der Waals surface area (Å²) in [5, 5.41) is 24.0. The van der Waals surface area contributed by atoms with Gasteiger partial charge in [0.25, 0.3) is 0 Å². The molecule has 0 saturated carbocycles. The molecule has 0 aromatic carbocycles. The summed E-state index contributed by atoms with van der Waals surface area (Å²) >= 11 is 0. The highest BCUT2D eigenvalue weighted by Crippen LogP contribution is 2.37. The van der Waals surface area contributed by atoms with Crippen LogP contribution in [0.15, 0.2) is 0 Å². The van der Waals surface area contributed by atoms with E-state index in [1.807, 2.05) is 34.6 Å². The Balaban J connectivity index is 2.22. The van der Waals surface area contributed by atoms with Crippen molar-refractivity contribution in [2.45, 2.75) is 90.1 Å². The summed E-state index contributed by atoms with van der Waals surface area (Å²) < 4.78 is 28.9. The number of ether oxygens (including phenoxy) is 5. The zero-order valence-corrected chi connectivity index (χ0v) is 18.5. The van der Waals surface area contributed by atoms with Crippen LogP contribution in [0.2, 0.25) is 0 Å². The number of nitrogens with one attached hydrogen (secondary N) is 1. The largest absolute Gasteiger partial charge is 0.443 e. The second-order valence-corrected chi connectivity index (χ2v) is 8.95. The van der Waals surface area contributed by atoms with Crippen molar-refractivity contribution in [2.24, 2.45) is 11.3 Å². The minimum absolute atomic E-state index is 0.217. The number of alkyl carbamates (subject to hydrolysis) is 1. The maximum Gasteiger partial charge on any atom is 0.407 e. The van der Waals surface area contributed by atoms with Gasteiger partial charge in [-0.05, 0) is 11.8 Å². The highest BCUT2D eigenvalue weighted by molar-refractivity contribution is 5.66. The third kappa shape index (κ3) is 5.39. The van der Waals surface area contributed by atoms with Gasteiger partial charge in [-0.25, -0.2) is 4.79 Å². The van der Waals surface area contributed by atoms with E-state index < -0.39 is 49.0 Å². The number of hydrogen-bond acceptors (Lipinski definition) is 8. The van der Waals surface area contributed by atoms with Crippen molar-refractivity contribution in [3.63, 3.8) is 0 Å². The fourth-order valence-electron chi connectivity index (χ4n) is 3.95. The number of rotatable bonds is 5. The van der Waals surface area contributed by atoms with Crippen molar-refractivity contribution in [2.75, 3.05) is 20.8 Å². The maximum absolute atomic E-state index is 11.7. The molecule has 0 radical (unpaired) electrons. The van der Waals surface area contributed by atoms with Gasteiger partial charge in [0.15, 0.2) is 6.29 Å². The van der Waals surface area contributed by atoms with Crippen molar-refractivity contribution in [1.29, 1.82) is 0 Å². The Kier molecular flexibility index (Phi) is 8.29. The van der Waals surface area contributed by atoms with E-state index >= 15 is 0 Å². The summed E-state index contributed by atoms with van der Waals surface area (Å²) in [6.45, 7) is 10.1. The highest BCUT2D eigenvalue weighted by atomic mass is 16.7. The van der Waals surface area contributed by atoms with E-state index in [0.717, 1.165) is 0 Å². The summed E-state index contributed by atoms with van der Waals surface area (Å²) in [5.41, 5.74) is -0.263. The molecule has 0 aromatic rings. The average Bonchev–Trinajstić information content (AvgIpc) is 2.67. The van der Waals surface area contributed by atoms with Gasteiger partial charge in [0.2, 0.25) is 0 Å². The molecule has 2 fully saturated rings. The van der Waals surface area contributed by atoms with Crippen molar-refractivity contribution < 1.29 is 38.7 Å². The number of hydrogen-bond donors (Lipinski definition) is 3. The van der Waals surface area contributed by atoms with Gasteiger partial charge in [0.1, 0.15) is 30.5 Å². The monoisotopic (exact) mass is 419 g/mol. The van der Waals surface area contributed by atoms with Crippen LogP contribution < -0.4 is 5.32 Å². The molecule has 9 heteroatoms. The van der Waals surface area contributed by atoms with E-state index in [1.54, 1.807) is 7.11 Å². The van der Waals surface area contributed by atoms with Crippen LogP contribution in [0.5, 0.6) is 0 Å². The SMILES string of the molecule is CCC1OC(C(C)(C)C)C(OC)C(OC2OCC(C)C(OC(=O)NC)C2O)C1O. The molecule has 0 spiro atoms. The Morgan fingerprint density at radius 3 is 2.34 bits per heavy atom. The summed E-state index contributed by atoms with van der Waals surface area (Å²) in [7, 11) is 2.99. The lowest BCUT2D eigenvalue weighted by atomic mass is 9.79. The van der Waals surface area contributed by atoms with Gasteiger partial charge in [0.05, 0.1) is 18.8 Å². The molecule has 3 N–H and O–H groups in total. The van der Waals surface area contributed by atoms with E-state index in [0.29, 0.717) is 6.42 Å². The molecule has 2 aliphatic heterocycles. The van der Waals surface area contributed by atoms with Crippen molar-refractivity contribution in [3.8, 4) is 0 Å². The molecule has 9 nitrogen and oxygen atoms in total. The predicted octanol–water partition coefficient (Wildman–Crippen LogP) is 1.05. The molecule has 9 atom stereocenters. The third-order valence-corrected chi connectivity index (χ3v) is 5.63. The van der Waals surface area contributed by atoms with Crippen LogP contribution in [0, 0.1) is 11.3 Å². The lowest BCUT2D eigenvalue weighted by Crippen LogP contribution is -2.64. The zero-order chi connectivity index (χ0) is 21.9. The summed E-state index contributed by atoms with van der Waals surface area (Å²) in [4.78, 5) is 11.7. The van der Waals surface area contributed by atoms with E-state index in [-0.39, 0.29) is 24.0 Å². The molecule has 2 rings (SSSR count). The lowest BCUT2D eigenvalue weighted by molar-refractivity contribution is -0.326. The molecular weight excluding hydrogens is 382 g/mol. The van der Waals surface area contributed by atoms with Crippen molar-refractivity contribution in [1.82, 2.24) is 5.32 Å². The molecule has 29 heavy (non-hydrogen) atoms. The van der Waals surface area contributed by atoms with Crippen LogP contribution in [0.1, 0.15) is 41.0 Å². The fraction of sp³-hybridized carbons (Fsp3) is 0.950. The predicted molar refractivity (Wildman–Crippen MR) is 104 cm³/mol. The van der Waals surface area contributed by atoms with E-state index in [4.69, 9.17) is 23.7 Å². The molecule has 0 aromatic heterocycles.